The van der Waals surface area contributed by atoms with Gasteiger partial charge in [0.2, 0.25) is 0 Å². The van der Waals surface area contributed by atoms with Gasteiger partial charge in [0.25, 0.3) is 16.0 Å². The number of nitrogens with zero attached hydrogens (tertiary/aromatic N) is 2. The topological polar surface area (TPSA) is 87.0 Å². The van der Waals surface area contributed by atoms with Gasteiger partial charge in [-0.15, -0.1) is 0 Å². The molecule has 1 aliphatic heterocycles. The van der Waals surface area contributed by atoms with Crippen molar-refractivity contribution in [2.45, 2.75) is 11.3 Å². The summed E-state index contributed by atoms with van der Waals surface area (Å²) in [6.45, 7) is 0. The molecule has 0 aromatic heterocycles. The van der Waals surface area contributed by atoms with Crippen molar-refractivity contribution >= 4 is 39.0 Å². The van der Waals surface area contributed by atoms with Gasteiger partial charge in [-0.3, -0.25) is 9.35 Å². The second-order valence-corrected chi connectivity index (χ2v) is 6.71. The lowest BCUT2D eigenvalue weighted by molar-refractivity contribution is -0.116. The van der Waals surface area contributed by atoms with Crippen molar-refractivity contribution in [3.8, 4) is 0 Å². The molecule has 8 heteroatoms. The summed E-state index contributed by atoms with van der Waals surface area (Å²) in [7, 11) is -4.36. The lowest BCUT2D eigenvalue weighted by atomic mass is 10.1. The van der Waals surface area contributed by atoms with Gasteiger partial charge in [0.1, 0.15) is 0 Å². The fourth-order valence-corrected chi connectivity index (χ4v) is 3.06. The summed E-state index contributed by atoms with van der Waals surface area (Å²) in [5, 5.41) is 5.41. The monoisotopic (exact) mass is 350 g/mol. The third-order valence-corrected chi connectivity index (χ3v) is 4.48. The molecule has 1 aliphatic rings. The number of rotatable bonds is 3. The fourth-order valence-electron chi connectivity index (χ4n) is 2.23. The maximum absolute atomic E-state index is 12.2. The Morgan fingerprint density at radius 1 is 1.13 bits per heavy atom. The summed E-state index contributed by atoms with van der Waals surface area (Å²) in [6, 6.07) is 12.8. The molecule has 2 aromatic carbocycles. The van der Waals surface area contributed by atoms with Crippen LogP contribution in [0, 0.1) is 0 Å². The molecule has 0 aliphatic carbocycles. The normalized spacial score (nSPS) is 15.0. The minimum absolute atomic E-state index is 0.00605. The second-order valence-electron chi connectivity index (χ2n) is 4.88. The van der Waals surface area contributed by atoms with Crippen LogP contribution in [-0.4, -0.2) is 24.6 Å². The van der Waals surface area contributed by atoms with Gasteiger partial charge in [0.05, 0.1) is 27.7 Å². The Morgan fingerprint density at radius 2 is 1.83 bits per heavy atom. The molecule has 0 saturated heterocycles. The van der Waals surface area contributed by atoms with Crippen molar-refractivity contribution in [3.63, 3.8) is 0 Å². The van der Waals surface area contributed by atoms with E-state index in [-0.39, 0.29) is 27.9 Å². The number of hydrazone groups is 1. The van der Waals surface area contributed by atoms with Gasteiger partial charge in [-0.25, -0.2) is 0 Å². The molecular formula is C15H11ClN2O4S. The minimum atomic E-state index is -4.36. The van der Waals surface area contributed by atoms with Gasteiger partial charge in [-0.2, -0.15) is 18.5 Å². The van der Waals surface area contributed by atoms with Crippen LogP contribution in [0.2, 0.25) is 5.02 Å². The predicted molar refractivity (Wildman–Crippen MR) is 86.3 cm³/mol. The lowest BCUT2D eigenvalue weighted by Crippen LogP contribution is -2.20. The Bertz CT molecular complexity index is 910. The van der Waals surface area contributed by atoms with E-state index in [0.717, 1.165) is 16.6 Å². The molecule has 0 saturated carbocycles. The van der Waals surface area contributed by atoms with E-state index in [1.807, 2.05) is 30.3 Å². The standard InChI is InChI=1S/C15H11ClN2O4S/c16-12-8-11(23(20,21)22)6-7-14(12)18-15(19)9-13(17-18)10-4-2-1-3-5-10/h1-8H,9H2,(H,20,21,22). The first-order valence-corrected chi connectivity index (χ1v) is 8.41. The first-order chi connectivity index (χ1) is 10.9. The van der Waals surface area contributed by atoms with Gasteiger partial charge < -0.3 is 0 Å². The highest BCUT2D eigenvalue weighted by molar-refractivity contribution is 7.85. The molecule has 1 amide bonds. The number of carbonyl (C=O) groups is 1. The van der Waals surface area contributed by atoms with E-state index < -0.39 is 10.1 Å². The highest BCUT2D eigenvalue weighted by atomic mass is 35.5. The second kappa shape index (κ2) is 5.77. The van der Waals surface area contributed by atoms with Crippen LogP contribution in [-0.2, 0) is 14.9 Å². The van der Waals surface area contributed by atoms with Gasteiger partial charge in [0, 0.05) is 0 Å². The zero-order valence-electron chi connectivity index (χ0n) is 11.7. The molecule has 3 rings (SSSR count). The molecule has 0 fully saturated rings. The molecule has 0 bridgehead atoms. The van der Waals surface area contributed by atoms with E-state index >= 15 is 0 Å². The number of hydrogen-bond donors (Lipinski definition) is 1. The lowest BCUT2D eigenvalue weighted by Gasteiger charge is -2.13. The summed E-state index contributed by atoms with van der Waals surface area (Å²) < 4.78 is 31.2. The average Bonchev–Trinajstić information content (AvgIpc) is 2.89. The smallest absolute Gasteiger partial charge is 0.282 e. The van der Waals surface area contributed by atoms with E-state index in [0.29, 0.717) is 5.71 Å². The van der Waals surface area contributed by atoms with Gasteiger partial charge in [-0.1, -0.05) is 41.9 Å². The molecule has 0 radical (unpaired) electrons. The van der Waals surface area contributed by atoms with E-state index in [9.17, 15) is 13.2 Å². The largest absolute Gasteiger partial charge is 0.294 e. The van der Waals surface area contributed by atoms with Crippen LogP contribution < -0.4 is 5.01 Å². The van der Waals surface area contributed by atoms with Crippen LogP contribution in [0.15, 0.2) is 58.5 Å². The van der Waals surface area contributed by atoms with Gasteiger partial charge in [-0.05, 0) is 23.8 Å². The molecule has 1 heterocycles. The Balaban J connectivity index is 1.99. The number of anilines is 1. The zero-order valence-corrected chi connectivity index (χ0v) is 13.3. The van der Waals surface area contributed by atoms with Crippen molar-refractivity contribution in [1.29, 1.82) is 0 Å². The number of benzene rings is 2. The highest BCUT2D eigenvalue weighted by Crippen LogP contribution is 2.31. The SMILES string of the molecule is O=C1CC(c2ccccc2)=NN1c1ccc(S(=O)(=O)O)cc1Cl. The number of hydrogen-bond acceptors (Lipinski definition) is 4. The Hall–Kier alpha value is -2.22. The summed E-state index contributed by atoms with van der Waals surface area (Å²) in [5.41, 5.74) is 1.69. The van der Waals surface area contributed by atoms with Crippen molar-refractivity contribution in [3.05, 3.63) is 59.1 Å². The summed E-state index contributed by atoms with van der Waals surface area (Å²) in [5.74, 6) is -0.273. The van der Waals surface area contributed by atoms with E-state index in [1.165, 1.54) is 12.1 Å². The summed E-state index contributed by atoms with van der Waals surface area (Å²) >= 11 is 6.04. The Labute approximate surface area is 137 Å². The van der Waals surface area contributed by atoms with E-state index in [4.69, 9.17) is 16.2 Å². The molecule has 6 nitrogen and oxygen atoms in total. The molecule has 0 unspecified atom stereocenters. The Morgan fingerprint density at radius 3 is 2.43 bits per heavy atom. The maximum atomic E-state index is 12.2. The molecule has 1 N–H and O–H groups in total. The van der Waals surface area contributed by atoms with Crippen LogP contribution in [0.5, 0.6) is 0 Å². The predicted octanol–water partition coefficient (Wildman–Crippen LogP) is 2.73. The van der Waals surface area contributed by atoms with Gasteiger partial charge in [0.15, 0.2) is 0 Å². The van der Waals surface area contributed by atoms with Crippen LogP contribution >= 0.6 is 11.6 Å². The highest BCUT2D eigenvalue weighted by Gasteiger charge is 2.28. The molecular weight excluding hydrogens is 340 g/mol. The van der Waals surface area contributed by atoms with Crippen molar-refractivity contribution in [1.82, 2.24) is 0 Å². The summed E-state index contributed by atoms with van der Waals surface area (Å²) in [6.07, 6.45) is 0.125. The molecule has 118 valence electrons. The summed E-state index contributed by atoms with van der Waals surface area (Å²) in [4.78, 5) is 11.8. The van der Waals surface area contributed by atoms with Crippen LogP contribution in [0.3, 0.4) is 0 Å². The van der Waals surface area contributed by atoms with Crippen molar-refractivity contribution < 1.29 is 17.8 Å². The Kier molecular flexibility index (Phi) is 3.93. The fraction of sp³-hybridized carbons (Fsp3) is 0.0667. The van der Waals surface area contributed by atoms with Crippen LogP contribution in [0.25, 0.3) is 0 Å². The molecule has 23 heavy (non-hydrogen) atoms. The third-order valence-electron chi connectivity index (χ3n) is 3.33. The van der Waals surface area contributed by atoms with Crippen LogP contribution in [0.1, 0.15) is 12.0 Å². The zero-order chi connectivity index (χ0) is 16.6. The molecule has 2 aromatic rings. The molecule has 0 spiro atoms. The third kappa shape index (κ3) is 3.12. The van der Waals surface area contributed by atoms with Gasteiger partial charge >= 0.3 is 0 Å². The van der Waals surface area contributed by atoms with Crippen molar-refractivity contribution in [2.75, 3.05) is 5.01 Å². The quantitative estimate of drug-likeness (QED) is 0.862. The average molecular weight is 351 g/mol. The van der Waals surface area contributed by atoms with Crippen molar-refractivity contribution in [2.24, 2.45) is 5.10 Å². The van der Waals surface area contributed by atoms with E-state index in [2.05, 4.69) is 5.10 Å². The number of carbonyl (C=O) groups excluding carboxylic acids is 1. The van der Waals surface area contributed by atoms with Crippen LogP contribution in [0.4, 0.5) is 5.69 Å². The number of amides is 1. The number of halogens is 1. The van der Waals surface area contributed by atoms with E-state index in [1.54, 1.807) is 0 Å². The maximum Gasteiger partial charge on any atom is 0.294 e. The first kappa shape index (κ1) is 15.7. The minimum Gasteiger partial charge on any atom is -0.282 e. The first-order valence-electron chi connectivity index (χ1n) is 6.59. The molecule has 0 atom stereocenters.